The van der Waals surface area contributed by atoms with Crippen molar-refractivity contribution in [3.8, 4) is 0 Å². The molecule has 0 fully saturated rings. The van der Waals surface area contributed by atoms with E-state index >= 15 is 0 Å². The van der Waals surface area contributed by atoms with Gasteiger partial charge in [0.15, 0.2) is 11.8 Å². The Kier molecular flexibility index (Phi) is 9.49. The number of rotatable bonds is 7. The second-order valence-corrected chi connectivity index (χ2v) is 5.51. The summed E-state index contributed by atoms with van der Waals surface area (Å²) in [5.74, 6) is 1.34. The molecule has 1 unspecified atom stereocenters. The Labute approximate surface area is 169 Å². The molecule has 1 aromatic carbocycles. The molecule has 0 saturated heterocycles. The molecule has 0 radical (unpaired) electrons. The van der Waals surface area contributed by atoms with E-state index in [0.717, 1.165) is 5.56 Å². The summed E-state index contributed by atoms with van der Waals surface area (Å²) in [5, 5.41) is 10.2. The number of hydrogen-bond donors (Lipinski definition) is 2. The quantitative estimate of drug-likeness (QED) is 0.362. The van der Waals surface area contributed by atoms with Crippen LogP contribution < -0.4 is 10.6 Å². The van der Waals surface area contributed by atoms with E-state index in [0.29, 0.717) is 42.9 Å². The fraction of sp³-hybridized carbons (Fsp3) is 0.471. The summed E-state index contributed by atoms with van der Waals surface area (Å²) in [5.41, 5.74) is 1.58. The van der Waals surface area contributed by atoms with Crippen LogP contribution >= 0.6 is 24.0 Å². The topological polar surface area (TPSA) is 84.6 Å². The van der Waals surface area contributed by atoms with Crippen molar-refractivity contribution in [2.45, 2.75) is 40.0 Å². The minimum Gasteiger partial charge on any atom is -0.371 e. The summed E-state index contributed by atoms with van der Waals surface area (Å²) in [7, 11) is 1.67. The molecule has 0 bridgehead atoms. The van der Waals surface area contributed by atoms with Gasteiger partial charge in [-0.1, -0.05) is 17.3 Å². The highest BCUT2D eigenvalue weighted by Crippen LogP contribution is 2.12. The highest BCUT2D eigenvalue weighted by molar-refractivity contribution is 14.0. The molecule has 7 nitrogen and oxygen atoms in total. The van der Waals surface area contributed by atoms with Crippen molar-refractivity contribution in [3.05, 3.63) is 46.9 Å². The lowest BCUT2D eigenvalue weighted by Crippen LogP contribution is -2.36. The van der Waals surface area contributed by atoms with E-state index in [2.05, 4.69) is 25.8 Å². The maximum Gasteiger partial charge on any atom is 0.246 e. The molecule has 0 aliphatic heterocycles. The maximum atomic E-state index is 13.3. The Morgan fingerprint density at radius 1 is 1.35 bits per heavy atom. The van der Waals surface area contributed by atoms with E-state index < -0.39 is 0 Å². The molecule has 1 aromatic heterocycles. The van der Waals surface area contributed by atoms with Gasteiger partial charge in [-0.05, 0) is 38.0 Å². The fourth-order valence-corrected chi connectivity index (χ4v) is 2.21. The number of halogens is 2. The molecule has 26 heavy (non-hydrogen) atoms. The highest BCUT2D eigenvalue weighted by atomic mass is 127. The first kappa shape index (κ1) is 22.3. The Balaban J connectivity index is 0.00000338. The zero-order valence-electron chi connectivity index (χ0n) is 15.4. The molecule has 2 N–H and O–H groups in total. The van der Waals surface area contributed by atoms with Crippen LogP contribution in [0.4, 0.5) is 4.39 Å². The van der Waals surface area contributed by atoms with Gasteiger partial charge in [0.2, 0.25) is 5.89 Å². The number of hydrogen-bond acceptors (Lipinski definition) is 5. The first-order valence-corrected chi connectivity index (χ1v) is 8.17. The average Bonchev–Trinajstić information content (AvgIpc) is 3.07. The van der Waals surface area contributed by atoms with Crippen molar-refractivity contribution >= 4 is 29.9 Å². The number of aliphatic imine (C=N–C) groups is 1. The molecule has 2 rings (SSSR count). The number of benzene rings is 1. The van der Waals surface area contributed by atoms with Crippen LogP contribution in [0.15, 0.2) is 27.7 Å². The monoisotopic (exact) mass is 477 g/mol. The van der Waals surface area contributed by atoms with E-state index in [9.17, 15) is 4.39 Å². The van der Waals surface area contributed by atoms with Crippen LogP contribution in [0.3, 0.4) is 0 Å². The Morgan fingerprint density at radius 3 is 2.73 bits per heavy atom. The molecule has 144 valence electrons. The highest BCUT2D eigenvalue weighted by Gasteiger charge is 2.13. The summed E-state index contributed by atoms with van der Waals surface area (Å²) in [6.45, 7) is 6.98. The molecule has 0 spiro atoms. The van der Waals surface area contributed by atoms with E-state index in [4.69, 9.17) is 9.26 Å². The summed E-state index contributed by atoms with van der Waals surface area (Å²) in [6, 6.07) is 5.00. The molecule has 1 heterocycles. The van der Waals surface area contributed by atoms with E-state index in [-0.39, 0.29) is 35.9 Å². The molecule has 0 saturated carbocycles. The van der Waals surface area contributed by atoms with Gasteiger partial charge in [-0.25, -0.2) is 4.39 Å². The van der Waals surface area contributed by atoms with E-state index in [1.54, 1.807) is 26.1 Å². The third kappa shape index (κ3) is 6.52. The zero-order valence-corrected chi connectivity index (χ0v) is 17.7. The van der Waals surface area contributed by atoms with E-state index in [1.165, 1.54) is 6.07 Å². The maximum absolute atomic E-state index is 13.3. The van der Waals surface area contributed by atoms with Crippen molar-refractivity contribution in [3.63, 3.8) is 0 Å². The van der Waals surface area contributed by atoms with Crippen LogP contribution in [0.2, 0.25) is 0 Å². The third-order valence-electron chi connectivity index (χ3n) is 3.58. The predicted octanol–water partition coefficient (Wildman–Crippen LogP) is 3.10. The number of ether oxygens (including phenoxy) is 1. The minimum atomic E-state index is -0.209. The van der Waals surface area contributed by atoms with Crippen molar-refractivity contribution < 1.29 is 13.7 Å². The van der Waals surface area contributed by atoms with Gasteiger partial charge in [-0.2, -0.15) is 4.98 Å². The first-order chi connectivity index (χ1) is 12.0. The van der Waals surface area contributed by atoms with Crippen LogP contribution in [0.1, 0.15) is 42.8 Å². The third-order valence-corrected chi connectivity index (χ3v) is 3.58. The van der Waals surface area contributed by atoms with Gasteiger partial charge in [-0.3, -0.25) is 4.99 Å². The van der Waals surface area contributed by atoms with Crippen LogP contribution in [0, 0.1) is 12.7 Å². The molecular formula is C17H25FIN5O2. The van der Waals surface area contributed by atoms with Crippen LogP contribution in [0.5, 0.6) is 0 Å². The second-order valence-electron chi connectivity index (χ2n) is 5.51. The first-order valence-electron chi connectivity index (χ1n) is 8.17. The largest absolute Gasteiger partial charge is 0.371 e. The smallest absolute Gasteiger partial charge is 0.246 e. The molecule has 2 aromatic rings. The summed E-state index contributed by atoms with van der Waals surface area (Å²) < 4.78 is 23.9. The minimum absolute atomic E-state index is 0. The number of nitrogens with one attached hydrogen (secondary N) is 2. The van der Waals surface area contributed by atoms with Gasteiger partial charge >= 0.3 is 0 Å². The lowest BCUT2D eigenvalue weighted by molar-refractivity contribution is 0.0683. The zero-order chi connectivity index (χ0) is 18.2. The Bertz CT molecular complexity index is 723. The fourth-order valence-electron chi connectivity index (χ4n) is 2.21. The van der Waals surface area contributed by atoms with Gasteiger partial charge in [0.1, 0.15) is 11.9 Å². The van der Waals surface area contributed by atoms with Crippen molar-refractivity contribution in [2.75, 3.05) is 13.7 Å². The van der Waals surface area contributed by atoms with Gasteiger partial charge in [-0.15, -0.1) is 24.0 Å². The lowest BCUT2D eigenvalue weighted by Gasteiger charge is -2.11. The van der Waals surface area contributed by atoms with Crippen molar-refractivity contribution in [2.24, 2.45) is 4.99 Å². The van der Waals surface area contributed by atoms with Gasteiger partial charge in [0.25, 0.3) is 0 Å². The molecule has 0 amide bonds. The molecule has 0 aliphatic carbocycles. The summed E-state index contributed by atoms with van der Waals surface area (Å²) in [6.07, 6.45) is -0.207. The molecule has 1 atom stereocenters. The Hall–Kier alpha value is -1.75. The van der Waals surface area contributed by atoms with Gasteiger partial charge < -0.3 is 19.9 Å². The summed E-state index contributed by atoms with van der Waals surface area (Å²) in [4.78, 5) is 8.42. The van der Waals surface area contributed by atoms with Gasteiger partial charge in [0.05, 0.1) is 6.54 Å². The van der Waals surface area contributed by atoms with Crippen LogP contribution in [-0.4, -0.2) is 29.8 Å². The SMILES string of the molecule is CCOC(C)c1noc(CNC(=NC)NCc2ccc(F)c(C)c2)n1.I. The molecular weight excluding hydrogens is 452 g/mol. The van der Waals surface area contributed by atoms with Crippen LogP contribution in [-0.2, 0) is 17.8 Å². The average molecular weight is 477 g/mol. The van der Waals surface area contributed by atoms with Crippen molar-refractivity contribution in [1.29, 1.82) is 0 Å². The van der Waals surface area contributed by atoms with E-state index in [1.807, 2.05) is 13.8 Å². The molecule has 0 aliphatic rings. The summed E-state index contributed by atoms with van der Waals surface area (Å²) >= 11 is 0. The number of aryl methyl sites for hydroxylation is 1. The standard InChI is InChI=1S/C17H24FN5O2.HI/c1-5-24-12(3)16-22-15(25-23-16)10-21-17(19-4)20-9-13-6-7-14(18)11(2)8-13;/h6-8,12H,5,9-10H2,1-4H3,(H2,19,20,21);1H. The second kappa shape index (κ2) is 11.1. The number of aromatic nitrogens is 2. The Morgan fingerprint density at radius 2 is 2.08 bits per heavy atom. The number of guanidine groups is 1. The molecule has 9 heteroatoms. The number of nitrogens with zero attached hydrogens (tertiary/aromatic N) is 3. The lowest BCUT2D eigenvalue weighted by atomic mass is 10.1. The normalized spacial score (nSPS) is 12.4. The van der Waals surface area contributed by atoms with Gasteiger partial charge in [0, 0.05) is 20.2 Å². The van der Waals surface area contributed by atoms with Crippen LogP contribution in [0.25, 0.3) is 0 Å². The predicted molar refractivity (Wildman–Crippen MR) is 108 cm³/mol. The van der Waals surface area contributed by atoms with Crippen molar-refractivity contribution in [1.82, 2.24) is 20.8 Å².